The van der Waals surface area contributed by atoms with Gasteiger partial charge in [0.25, 0.3) is 0 Å². The van der Waals surface area contributed by atoms with E-state index in [9.17, 15) is 4.79 Å². The van der Waals surface area contributed by atoms with Crippen molar-refractivity contribution in [2.45, 2.75) is 24.4 Å². The van der Waals surface area contributed by atoms with Crippen molar-refractivity contribution in [1.82, 2.24) is 19.7 Å². The van der Waals surface area contributed by atoms with Crippen LogP contribution in [0.2, 0.25) is 5.02 Å². The Morgan fingerprint density at radius 1 is 1.22 bits per heavy atom. The highest BCUT2D eigenvalue weighted by atomic mass is 35.5. The third-order valence-corrected chi connectivity index (χ3v) is 6.63. The highest BCUT2D eigenvalue weighted by Crippen LogP contribution is 2.32. The summed E-state index contributed by atoms with van der Waals surface area (Å²) in [5.74, 6) is 1.27. The fraction of sp³-hybridized carbons (Fsp3) is 0.130. The molecule has 2 aromatic carbocycles. The minimum absolute atomic E-state index is 0.126. The SMILES string of the molecule is C=CCn1c(SCc2csc(N(C(C)=O)c3cccc(Cl)c3)n2)nnc1-c1ccccc1. The van der Waals surface area contributed by atoms with Crippen molar-refractivity contribution in [3.63, 3.8) is 0 Å². The lowest BCUT2D eigenvalue weighted by Crippen LogP contribution is -2.22. The summed E-state index contributed by atoms with van der Waals surface area (Å²) in [4.78, 5) is 18.6. The van der Waals surface area contributed by atoms with Gasteiger partial charge < -0.3 is 0 Å². The molecular formula is C23H20ClN5OS2. The fourth-order valence-corrected chi connectivity index (χ4v) is 5.15. The number of hydrogen-bond acceptors (Lipinski definition) is 6. The van der Waals surface area contributed by atoms with Gasteiger partial charge >= 0.3 is 0 Å². The van der Waals surface area contributed by atoms with Crippen molar-refractivity contribution in [2.24, 2.45) is 0 Å². The van der Waals surface area contributed by atoms with E-state index in [1.165, 1.54) is 18.3 Å². The number of benzene rings is 2. The Bertz CT molecular complexity index is 1240. The number of thiazole rings is 1. The molecule has 0 aliphatic rings. The van der Waals surface area contributed by atoms with Crippen molar-refractivity contribution >= 4 is 51.4 Å². The number of hydrogen-bond donors (Lipinski definition) is 0. The van der Waals surface area contributed by atoms with E-state index in [1.54, 1.807) is 28.8 Å². The van der Waals surface area contributed by atoms with E-state index in [4.69, 9.17) is 11.6 Å². The first-order chi connectivity index (χ1) is 15.6. The van der Waals surface area contributed by atoms with Gasteiger partial charge in [-0.15, -0.1) is 28.1 Å². The van der Waals surface area contributed by atoms with Crippen LogP contribution < -0.4 is 4.90 Å². The average molecular weight is 482 g/mol. The molecule has 0 N–H and O–H groups in total. The van der Waals surface area contributed by atoms with Gasteiger partial charge in [-0.2, -0.15) is 0 Å². The number of allylic oxidation sites excluding steroid dienone is 1. The van der Waals surface area contributed by atoms with Crippen molar-refractivity contribution in [3.05, 3.63) is 83.3 Å². The first-order valence-electron chi connectivity index (χ1n) is 9.80. The molecule has 6 nitrogen and oxygen atoms in total. The zero-order chi connectivity index (χ0) is 22.5. The highest BCUT2D eigenvalue weighted by molar-refractivity contribution is 7.98. The molecule has 0 unspecified atom stereocenters. The Balaban J connectivity index is 1.54. The van der Waals surface area contributed by atoms with Gasteiger partial charge in [-0.05, 0) is 18.2 Å². The Hall–Kier alpha value is -2.94. The molecule has 0 saturated heterocycles. The van der Waals surface area contributed by atoms with E-state index in [0.29, 0.717) is 28.1 Å². The van der Waals surface area contributed by atoms with Crippen molar-refractivity contribution < 1.29 is 4.79 Å². The molecule has 0 atom stereocenters. The lowest BCUT2D eigenvalue weighted by Gasteiger charge is -2.18. The minimum atomic E-state index is -0.126. The third kappa shape index (κ3) is 4.93. The Labute approximate surface area is 199 Å². The zero-order valence-corrected chi connectivity index (χ0v) is 19.7. The topological polar surface area (TPSA) is 63.9 Å². The van der Waals surface area contributed by atoms with Crippen molar-refractivity contribution in [2.75, 3.05) is 4.90 Å². The van der Waals surface area contributed by atoms with Crippen LogP contribution in [0, 0.1) is 0 Å². The van der Waals surface area contributed by atoms with Gasteiger partial charge in [0, 0.05) is 35.2 Å². The summed E-state index contributed by atoms with van der Waals surface area (Å²) in [5.41, 5.74) is 2.55. The molecule has 0 bridgehead atoms. The molecule has 0 spiro atoms. The molecule has 0 aliphatic heterocycles. The van der Waals surface area contributed by atoms with Crippen molar-refractivity contribution in [1.29, 1.82) is 0 Å². The quantitative estimate of drug-likeness (QED) is 0.221. The van der Waals surface area contributed by atoms with E-state index in [-0.39, 0.29) is 5.91 Å². The average Bonchev–Trinajstić information content (AvgIpc) is 3.40. The number of aromatic nitrogens is 4. The number of anilines is 2. The molecule has 4 aromatic rings. The molecule has 2 aromatic heterocycles. The zero-order valence-electron chi connectivity index (χ0n) is 17.3. The van der Waals surface area contributed by atoms with Crippen LogP contribution in [0.3, 0.4) is 0 Å². The number of thioether (sulfide) groups is 1. The van der Waals surface area contributed by atoms with Crippen molar-refractivity contribution in [3.8, 4) is 11.4 Å². The number of amides is 1. The van der Waals surface area contributed by atoms with E-state index >= 15 is 0 Å². The molecule has 162 valence electrons. The normalized spacial score (nSPS) is 10.8. The third-order valence-electron chi connectivity index (χ3n) is 4.52. The first kappa shape index (κ1) is 22.3. The number of nitrogens with zero attached hydrogens (tertiary/aromatic N) is 5. The maximum absolute atomic E-state index is 12.3. The second-order valence-corrected chi connectivity index (χ2v) is 9.03. The highest BCUT2D eigenvalue weighted by Gasteiger charge is 2.19. The van der Waals surface area contributed by atoms with E-state index in [2.05, 4.69) is 21.8 Å². The van der Waals surface area contributed by atoms with Crippen LogP contribution in [0.25, 0.3) is 11.4 Å². The number of carbonyl (C=O) groups is 1. The molecule has 2 heterocycles. The summed E-state index contributed by atoms with van der Waals surface area (Å²) in [6, 6.07) is 17.1. The maximum atomic E-state index is 12.3. The lowest BCUT2D eigenvalue weighted by atomic mass is 10.2. The van der Waals surface area contributed by atoms with E-state index in [0.717, 1.165) is 22.2 Å². The van der Waals surface area contributed by atoms with Gasteiger partial charge in [-0.25, -0.2) is 4.98 Å². The minimum Gasteiger partial charge on any atom is -0.298 e. The molecule has 4 rings (SSSR count). The van der Waals surface area contributed by atoms with Gasteiger partial charge in [0.15, 0.2) is 16.1 Å². The molecule has 1 amide bonds. The van der Waals surface area contributed by atoms with Crippen LogP contribution in [0.5, 0.6) is 0 Å². The van der Waals surface area contributed by atoms with Gasteiger partial charge in [0.1, 0.15) is 0 Å². The van der Waals surface area contributed by atoms with Gasteiger partial charge in [-0.3, -0.25) is 14.3 Å². The summed E-state index contributed by atoms with van der Waals surface area (Å²) in [5, 5.41) is 12.7. The number of rotatable bonds is 8. The summed E-state index contributed by atoms with van der Waals surface area (Å²) in [6.45, 7) is 5.98. The largest absolute Gasteiger partial charge is 0.298 e. The molecule has 0 aliphatic carbocycles. The second-order valence-electron chi connectivity index (χ2n) is 6.82. The predicted octanol–water partition coefficient (Wildman–Crippen LogP) is 6.22. The first-order valence-corrected chi connectivity index (χ1v) is 12.0. The Morgan fingerprint density at radius 3 is 2.75 bits per heavy atom. The van der Waals surface area contributed by atoms with Gasteiger partial charge in [0.05, 0.1) is 11.4 Å². The van der Waals surface area contributed by atoms with Crippen LogP contribution in [-0.4, -0.2) is 25.7 Å². The van der Waals surface area contributed by atoms with Crippen LogP contribution in [-0.2, 0) is 17.1 Å². The summed E-state index contributed by atoms with van der Waals surface area (Å²) in [6.07, 6.45) is 1.83. The summed E-state index contributed by atoms with van der Waals surface area (Å²) < 4.78 is 2.04. The maximum Gasteiger partial charge on any atom is 0.230 e. The Morgan fingerprint density at radius 2 is 2.03 bits per heavy atom. The number of carbonyl (C=O) groups excluding carboxylic acids is 1. The molecule has 0 radical (unpaired) electrons. The standard InChI is InChI=1S/C23H20ClN5OS2/c1-3-12-28-21(17-8-5-4-6-9-17)26-27-23(28)32-15-19-14-31-22(25-19)29(16(2)30)20-11-7-10-18(24)13-20/h3-11,13-14H,1,12,15H2,2H3. The number of halogens is 1. The molecule has 0 saturated carbocycles. The second kappa shape index (κ2) is 10.1. The van der Waals surface area contributed by atoms with Gasteiger partial charge in [-0.1, -0.05) is 65.8 Å². The smallest absolute Gasteiger partial charge is 0.230 e. The van der Waals surface area contributed by atoms with E-state index in [1.807, 2.05) is 58.5 Å². The fourth-order valence-electron chi connectivity index (χ4n) is 3.14. The van der Waals surface area contributed by atoms with Crippen LogP contribution in [0.1, 0.15) is 12.6 Å². The van der Waals surface area contributed by atoms with Crippen LogP contribution in [0.4, 0.5) is 10.8 Å². The summed E-state index contributed by atoms with van der Waals surface area (Å²) >= 11 is 9.08. The predicted molar refractivity (Wildman–Crippen MR) is 132 cm³/mol. The summed E-state index contributed by atoms with van der Waals surface area (Å²) in [7, 11) is 0. The Kier molecular flexibility index (Phi) is 7.04. The van der Waals surface area contributed by atoms with Crippen LogP contribution in [0.15, 0.2) is 77.8 Å². The molecular weight excluding hydrogens is 462 g/mol. The molecule has 32 heavy (non-hydrogen) atoms. The molecule has 9 heteroatoms. The molecule has 0 fully saturated rings. The van der Waals surface area contributed by atoms with E-state index < -0.39 is 0 Å². The van der Waals surface area contributed by atoms with Crippen LogP contribution >= 0.6 is 34.7 Å². The monoisotopic (exact) mass is 481 g/mol. The van der Waals surface area contributed by atoms with Gasteiger partial charge in [0.2, 0.25) is 5.91 Å². The lowest BCUT2D eigenvalue weighted by molar-refractivity contribution is -0.115.